The van der Waals surface area contributed by atoms with Crippen LogP contribution in [0.2, 0.25) is 0 Å². The molecule has 0 aliphatic heterocycles. The largest absolute Gasteiger partial charge is 0.383 e. The maximum atomic E-state index is 12.4. The predicted molar refractivity (Wildman–Crippen MR) is 74.3 cm³/mol. The number of hydrogen-bond donors (Lipinski definition) is 1. The summed E-state index contributed by atoms with van der Waals surface area (Å²) in [5, 5.41) is 13.8. The number of nitrogens with one attached hydrogen (secondary N) is 1. The van der Waals surface area contributed by atoms with Crippen LogP contribution in [0, 0.1) is 10.1 Å². The Labute approximate surface area is 117 Å². The Hall–Kier alpha value is -1.71. The number of sulfonamides is 1. The van der Waals surface area contributed by atoms with Gasteiger partial charge in [-0.2, -0.15) is 4.31 Å². The minimum atomic E-state index is -3.95. The van der Waals surface area contributed by atoms with Gasteiger partial charge in [-0.05, 0) is 12.1 Å². The number of likely N-dealkylation sites (N-methyl/N-ethyl adjacent to an activating group) is 1. The zero-order chi connectivity index (χ0) is 15.3. The van der Waals surface area contributed by atoms with E-state index in [1.807, 2.05) is 0 Å². The zero-order valence-electron chi connectivity index (χ0n) is 11.5. The average Bonchev–Trinajstić information content (AvgIpc) is 2.43. The van der Waals surface area contributed by atoms with Crippen molar-refractivity contribution in [3.8, 4) is 0 Å². The number of para-hydroxylation sites is 1. The molecule has 1 N–H and O–H groups in total. The van der Waals surface area contributed by atoms with E-state index >= 15 is 0 Å². The van der Waals surface area contributed by atoms with Gasteiger partial charge in [-0.15, -0.1) is 0 Å². The molecule has 0 amide bonds. The van der Waals surface area contributed by atoms with Gasteiger partial charge >= 0.3 is 5.69 Å². The minimum Gasteiger partial charge on any atom is -0.383 e. The van der Waals surface area contributed by atoms with Crippen molar-refractivity contribution in [2.24, 2.45) is 0 Å². The summed E-state index contributed by atoms with van der Waals surface area (Å²) in [7, 11) is 0.346. The molecule has 0 radical (unpaired) electrons. The third kappa shape index (κ3) is 3.24. The lowest BCUT2D eigenvalue weighted by atomic mass is 10.3. The van der Waals surface area contributed by atoms with Crippen LogP contribution >= 0.6 is 0 Å². The lowest BCUT2D eigenvalue weighted by Crippen LogP contribution is -2.30. The molecule has 1 aromatic carbocycles. The van der Waals surface area contributed by atoms with Crippen molar-refractivity contribution in [1.82, 2.24) is 4.31 Å². The van der Waals surface area contributed by atoms with E-state index in [0.29, 0.717) is 0 Å². The first-order valence-electron chi connectivity index (χ1n) is 5.76. The van der Waals surface area contributed by atoms with Gasteiger partial charge in [-0.3, -0.25) is 10.1 Å². The van der Waals surface area contributed by atoms with Crippen LogP contribution in [-0.4, -0.2) is 52.0 Å². The highest BCUT2D eigenvalue weighted by molar-refractivity contribution is 7.89. The van der Waals surface area contributed by atoms with E-state index in [-0.39, 0.29) is 23.7 Å². The molecule has 0 saturated carbocycles. The molecule has 0 spiro atoms. The van der Waals surface area contributed by atoms with E-state index in [9.17, 15) is 18.5 Å². The quantitative estimate of drug-likeness (QED) is 0.593. The van der Waals surface area contributed by atoms with Gasteiger partial charge in [-0.1, -0.05) is 6.07 Å². The van der Waals surface area contributed by atoms with Gasteiger partial charge in [-0.25, -0.2) is 8.42 Å². The number of methoxy groups -OCH3 is 1. The van der Waals surface area contributed by atoms with Crippen LogP contribution in [-0.2, 0) is 14.8 Å². The van der Waals surface area contributed by atoms with Crippen molar-refractivity contribution in [3.63, 3.8) is 0 Å². The summed E-state index contributed by atoms with van der Waals surface area (Å²) in [5.74, 6) is 0. The second-order valence-electron chi connectivity index (χ2n) is 3.98. The Morgan fingerprint density at radius 2 is 2.10 bits per heavy atom. The molecule has 0 bridgehead atoms. The SMILES string of the molecule is CNc1cccc(S(=O)(=O)N(C)CCOC)c1[N+](=O)[O-]. The molecule has 0 aliphatic rings. The van der Waals surface area contributed by atoms with Gasteiger partial charge in [0.05, 0.1) is 11.5 Å². The first kappa shape index (κ1) is 16.3. The van der Waals surface area contributed by atoms with Gasteiger partial charge < -0.3 is 10.1 Å². The number of hydrogen-bond acceptors (Lipinski definition) is 6. The normalized spacial score (nSPS) is 11.6. The topological polar surface area (TPSA) is 102 Å². The second-order valence-corrected chi connectivity index (χ2v) is 5.99. The fourth-order valence-electron chi connectivity index (χ4n) is 1.63. The Balaban J connectivity index is 3.35. The fraction of sp³-hybridized carbons (Fsp3) is 0.455. The zero-order valence-corrected chi connectivity index (χ0v) is 12.3. The van der Waals surface area contributed by atoms with Crippen molar-refractivity contribution < 1.29 is 18.1 Å². The van der Waals surface area contributed by atoms with Gasteiger partial charge in [0.2, 0.25) is 10.0 Å². The van der Waals surface area contributed by atoms with E-state index < -0.39 is 20.6 Å². The summed E-state index contributed by atoms with van der Waals surface area (Å²) in [5.41, 5.74) is -0.310. The highest BCUT2D eigenvalue weighted by Crippen LogP contribution is 2.32. The van der Waals surface area contributed by atoms with Gasteiger partial charge in [0.25, 0.3) is 0 Å². The van der Waals surface area contributed by atoms with E-state index in [1.165, 1.54) is 39.4 Å². The molecule has 20 heavy (non-hydrogen) atoms. The van der Waals surface area contributed by atoms with Crippen molar-refractivity contribution >= 4 is 21.4 Å². The summed E-state index contributed by atoms with van der Waals surface area (Å²) in [4.78, 5) is 10.1. The first-order valence-corrected chi connectivity index (χ1v) is 7.20. The van der Waals surface area contributed by atoms with Gasteiger partial charge in [0.1, 0.15) is 5.69 Å². The highest BCUT2D eigenvalue weighted by atomic mass is 32.2. The van der Waals surface area contributed by atoms with E-state index in [1.54, 1.807) is 0 Å². The average molecular weight is 303 g/mol. The van der Waals surface area contributed by atoms with Gasteiger partial charge in [0.15, 0.2) is 4.90 Å². The Bertz CT molecular complexity index is 588. The van der Waals surface area contributed by atoms with Crippen molar-refractivity contribution in [2.75, 3.05) is 39.7 Å². The summed E-state index contributed by atoms with van der Waals surface area (Å²) in [6, 6.07) is 4.12. The van der Waals surface area contributed by atoms with E-state index in [2.05, 4.69) is 5.32 Å². The standard InChI is InChI=1S/C11H17N3O5S/c1-12-9-5-4-6-10(11(9)14(15)16)20(17,18)13(2)7-8-19-3/h4-6,12H,7-8H2,1-3H3. The summed E-state index contributed by atoms with van der Waals surface area (Å²) in [6.07, 6.45) is 0. The molecule has 0 fully saturated rings. The molecule has 8 nitrogen and oxygen atoms in total. The minimum absolute atomic E-state index is 0.111. The molecule has 0 atom stereocenters. The van der Waals surface area contributed by atoms with E-state index in [0.717, 1.165) is 4.31 Å². The lowest BCUT2D eigenvalue weighted by Gasteiger charge is -2.17. The molecular formula is C11H17N3O5S. The van der Waals surface area contributed by atoms with Crippen LogP contribution < -0.4 is 5.32 Å². The number of nitro benzene ring substituents is 1. The first-order chi connectivity index (χ1) is 9.36. The second kappa shape index (κ2) is 6.64. The maximum Gasteiger partial charge on any atom is 0.312 e. The number of rotatable bonds is 7. The Morgan fingerprint density at radius 3 is 2.60 bits per heavy atom. The van der Waals surface area contributed by atoms with Crippen LogP contribution in [0.4, 0.5) is 11.4 Å². The number of anilines is 1. The highest BCUT2D eigenvalue weighted by Gasteiger charge is 2.31. The third-order valence-electron chi connectivity index (χ3n) is 2.75. The summed E-state index contributed by atoms with van der Waals surface area (Å²) < 4.78 is 30.6. The van der Waals surface area contributed by atoms with Crippen LogP contribution in [0.15, 0.2) is 23.1 Å². The Kier molecular flexibility index (Phi) is 5.43. The predicted octanol–water partition coefficient (Wildman–Crippen LogP) is 0.903. The molecule has 0 saturated heterocycles. The maximum absolute atomic E-state index is 12.4. The monoisotopic (exact) mass is 303 g/mol. The van der Waals surface area contributed by atoms with Crippen molar-refractivity contribution in [3.05, 3.63) is 28.3 Å². The third-order valence-corrected chi connectivity index (χ3v) is 4.64. The molecular weight excluding hydrogens is 286 g/mol. The number of nitro groups is 1. The molecule has 0 unspecified atom stereocenters. The number of ether oxygens (including phenoxy) is 1. The molecule has 9 heteroatoms. The number of benzene rings is 1. The van der Waals surface area contributed by atoms with Crippen molar-refractivity contribution in [2.45, 2.75) is 4.90 Å². The Morgan fingerprint density at radius 1 is 1.45 bits per heavy atom. The van der Waals surface area contributed by atoms with Gasteiger partial charge in [0, 0.05) is 27.7 Å². The molecule has 112 valence electrons. The molecule has 0 heterocycles. The smallest absolute Gasteiger partial charge is 0.312 e. The molecule has 1 rings (SSSR count). The number of nitrogens with zero attached hydrogens (tertiary/aromatic N) is 2. The summed E-state index contributed by atoms with van der Waals surface area (Å²) >= 11 is 0. The molecule has 0 aliphatic carbocycles. The van der Waals surface area contributed by atoms with Crippen LogP contribution in [0.1, 0.15) is 0 Å². The summed E-state index contributed by atoms with van der Waals surface area (Å²) in [6.45, 7) is 0.314. The van der Waals surface area contributed by atoms with Crippen molar-refractivity contribution in [1.29, 1.82) is 0 Å². The fourth-order valence-corrected chi connectivity index (χ4v) is 2.96. The van der Waals surface area contributed by atoms with E-state index in [4.69, 9.17) is 4.74 Å². The lowest BCUT2D eigenvalue weighted by molar-refractivity contribution is -0.386. The van der Waals surface area contributed by atoms with Crippen LogP contribution in [0.3, 0.4) is 0 Å². The molecule has 0 aromatic heterocycles. The van der Waals surface area contributed by atoms with Crippen LogP contribution in [0.25, 0.3) is 0 Å². The van der Waals surface area contributed by atoms with Crippen LogP contribution in [0.5, 0.6) is 0 Å². The molecule has 1 aromatic rings.